The predicted molar refractivity (Wildman–Crippen MR) is 97.9 cm³/mol. The Bertz CT molecular complexity index is 978. The van der Waals surface area contributed by atoms with Crippen LogP contribution >= 0.6 is 0 Å². The van der Waals surface area contributed by atoms with Crippen LogP contribution in [0.4, 0.5) is 13.2 Å². The number of rotatable bonds is 5. The number of carbonyl (C=O) groups excluding carboxylic acids is 1. The van der Waals surface area contributed by atoms with Gasteiger partial charge in [0, 0.05) is 18.8 Å². The summed E-state index contributed by atoms with van der Waals surface area (Å²) in [6, 6.07) is 14.7. The fourth-order valence-electron chi connectivity index (χ4n) is 3.19. The van der Waals surface area contributed by atoms with Crippen molar-refractivity contribution >= 4 is 5.91 Å². The molecule has 0 unspecified atom stereocenters. The first-order chi connectivity index (χ1) is 13.4. The van der Waals surface area contributed by atoms with E-state index < -0.39 is 11.7 Å². The maximum Gasteiger partial charge on any atom is 0.416 e. The van der Waals surface area contributed by atoms with Crippen LogP contribution < -0.4 is 0 Å². The van der Waals surface area contributed by atoms with E-state index in [4.69, 9.17) is 0 Å². The van der Waals surface area contributed by atoms with Crippen molar-refractivity contribution in [2.24, 2.45) is 0 Å². The predicted octanol–water partition coefficient (Wildman–Crippen LogP) is 4.70. The summed E-state index contributed by atoms with van der Waals surface area (Å²) < 4.78 is 41.5. The van der Waals surface area contributed by atoms with Gasteiger partial charge in [0.1, 0.15) is 0 Å². The van der Waals surface area contributed by atoms with E-state index in [0.29, 0.717) is 5.56 Å². The topological polar surface area (TPSA) is 38.1 Å². The summed E-state index contributed by atoms with van der Waals surface area (Å²) in [6.45, 7) is -0.0737. The van der Waals surface area contributed by atoms with Crippen molar-refractivity contribution in [3.63, 3.8) is 0 Å². The molecule has 28 heavy (non-hydrogen) atoms. The molecule has 1 aliphatic carbocycles. The maximum absolute atomic E-state index is 13.3. The average Bonchev–Trinajstić information content (AvgIpc) is 3.41. The monoisotopic (exact) mass is 385 g/mol. The van der Waals surface area contributed by atoms with Gasteiger partial charge >= 0.3 is 6.18 Å². The summed E-state index contributed by atoms with van der Waals surface area (Å²) >= 11 is 0. The first kappa shape index (κ1) is 18.3. The molecule has 0 spiro atoms. The SMILES string of the molecule is O=C(c1cnn(-c2ccccc2)c1)N(Cc1ccccc1C(F)(F)F)C1CC1. The zero-order valence-corrected chi connectivity index (χ0v) is 14.9. The van der Waals surface area contributed by atoms with Gasteiger partial charge in [-0.3, -0.25) is 4.79 Å². The van der Waals surface area contributed by atoms with Crippen LogP contribution in [-0.4, -0.2) is 26.6 Å². The molecule has 0 aliphatic heterocycles. The summed E-state index contributed by atoms with van der Waals surface area (Å²) in [5.41, 5.74) is 0.571. The van der Waals surface area contributed by atoms with E-state index in [0.717, 1.165) is 24.6 Å². The Kier molecular flexibility index (Phi) is 4.66. The van der Waals surface area contributed by atoms with Gasteiger partial charge in [0.2, 0.25) is 0 Å². The van der Waals surface area contributed by atoms with Gasteiger partial charge in [0.25, 0.3) is 5.91 Å². The molecule has 0 bridgehead atoms. The molecule has 0 saturated heterocycles. The molecule has 144 valence electrons. The fourth-order valence-corrected chi connectivity index (χ4v) is 3.19. The molecule has 1 amide bonds. The lowest BCUT2D eigenvalue weighted by Gasteiger charge is -2.24. The Labute approximate surface area is 160 Å². The van der Waals surface area contributed by atoms with Crippen molar-refractivity contribution in [1.82, 2.24) is 14.7 Å². The van der Waals surface area contributed by atoms with E-state index in [1.54, 1.807) is 16.9 Å². The number of halogens is 3. The van der Waals surface area contributed by atoms with Crippen LogP contribution in [0.1, 0.15) is 34.3 Å². The lowest BCUT2D eigenvalue weighted by Crippen LogP contribution is -2.33. The summed E-state index contributed by atoms with van der Waals surface area (Å²) in [6.07, 6.45) is 0.218. The zero-order valence-electron chi connectivity index (χ0n) is 14.9. The third-order valence-electron chi connectivity index (χ3n) is 4.76. The van der Waals surface area contributed by atoms with Crippen LogP contribution in [0, 0.1) is 0 Å². The number of alkyl halides is 3. The Hall–Kier alpha value is -3.09. The summed E-state index contributed by atoms with van der Waals surface area (Å²) in [7, 11) is 0. The highest BCUT2D eigenvalue weighted by Crippen LogP contribution is 2.35. The Morgan fingerprint density at radius 3 is 2.43 bits per heavy atom. The number of benzene rings is 2. The van der Waals surface area contributed by atoms with E-state index in [1.165, 1.54) is 23.2 Å². The van der Waals surface area contributed by atoms with Crippen LogP contribution in [0.15, 0.2) is 67.0 Å². The number of aromatic nitrogens is 2. The van der Waals surface area contributed by atoms with Gasteiger partial charge < -0.3 is 4.90 Å². The molecular weight excluding hydrogens is 367 g/mol. The number of hydrogen-bond donors (Lipinski definition) is 0. The number of carbonyl (C=O) groups is 1. The van der Waals surface area contributed by atoms with Crippen LogP contribution in [-0.2, 0) is 12.7 Å². The number of amides is 1. The van der Waals surface area contributed by atoms with Gasteiger partial charge in [0.05, 0.1) is 23.0 Å². The normalized spacial score (nSPS) is 14.1. The van der Waals surface area contributed by atoms with Crippen LogP contribution in [0.2, 0.25) is 0 Å². The van der Waals surface area contributed by atoms with Gasteiger partial charge in [-0.15, -0.1) is 0 Å². The highest BCUT2D eigenvalue weighted by Gasteiger charge is 2.37. The van der Waals surface area contributed by atoms with Gasteiger partial charge in [-0.25, -0.2) is 4.68 Å². The molecule has 0 radical (unpaired) electrons. The Balaban J connectivity index is 1.60. The lowest BCUT2D eigenvalue weighted by atomic mass is 10.1. The molecule has 0 N–H and O–H groups in total. The van der Waals surface area contributed by atoms with Gasteiger partial charge in [-0.2, -0.15) is 18.3 Å². The zero-order chi connectivity index (χ0) is 19.7. The minimum Gasteiger partial charge on any atom is -0.331 e. The van der Waals surface area contributed by atoms with Gasteiger partial charge in [-0.05, 0) is 36.6 Å². The third kappa shape index (κ3) is 3.78. The second-order valence-electron chi connectivity index (χ2n) is 6.83. The molecule has 1 fully saturated rings. The van der Waals surface area contributed by atoms with Crippen LogP contribution in [0.3, 0.4) is 0 Å². The Morgan fingerprint density at radius 1 is 1.07 bits per heavy atom. The first-order valence-electron chi connectivity index (χ1n) is 8.99. The number of para-hydroxylation sites is 1. The summed E-state index contributed by atoms with van der Waals surface area (Å²) in [5.74, 6) is -0.304. The second kappa shape index (κ2) is 7.14. The summed E-state index contributed by atoms with van der Waals surface area (Å²) in [4.78, 5) is 14.6. The van der Waals surface area contributed by atoms with E-state index >= 15 is 0 Å². The average molecular weight is 385 g/mol. The van der Waals surface area contributed by atoms with Crippen molar-refractivity contribution in [3.05, 3.63) is 83.7 Å². The number of nitrogens with zero attached hydrogens (tertiary/aromatic N) is 3. The quantitative estimate of drug-likeness (QED) is 0.639. The molecule has 1 aromatic heterocycles. The van der Waals surface area contributed by atoms with Crippen molar-refractivity contribution in [2.75, 3.05) is 0 Å². The van der Waals surface area contributed by atoms with Crippen LogP contribution in [0.25, 0.3) is 5.69 Å². The molecule has 3 aromatic rings. The molecule has 0 atom stereocenters. The van der Waals surface area contributed by atoms with E-state index in [9.17, 15) is 18.0 Å². The van der Waals surface area contributed by atoms with Crippen molar-refractivity contribution in [2.45, 2.75) is 31.6 Å². The van der Waals surface area contributed by atoms with Gasteiger partial charge in [-0.1, -0.05) is 36.4 Å². The van der Waals surface area contributed by atoms with Gasteiger partial charge in [0.15, 0.2) is 0 Å². The third-order valence-corrected chi connectivity index (χ3v) is 4.76. The molecular formula is C21H18F3N3O. The van der Waals surface area contributed by atoms with E-state index in [-0.39, 0.29) is 24.1 Å². The molecule has 7 heteroatoms. The molecule has 1 heterocycles. The van der Waals surface area contributed by atoms with Crippen molar-refractivity contribution < 1.29 is 18.0 Å². The van der Waals surface area contributed by atoms with Crippen molar-refractivity contribution in [3.8, 4) is 5.69 Å². The summed E-state index contributed by atoms with van der Waals surface area (Å²) in [5, 5.41) is 4.22. The standard InChI is InChI=1S/C21H18F3N3O/c22-21(23,24)19-9-5-4-6-15(19)13-26(17-10-11-17)20(28)16-12-25-27(14-16)18-7-2-1-3-8-18/h1-9,12,14,17H,10-11,13H2. The Morgan fingerprint density at radius 2 is 1.75 bits per heavy atom. The molecule has 1 aliphatic rings. The molecule has 4 nitrogen and oxygen atoms in total. The minimum atomic E-state index is -4.45. The van der Waals surface area contributed by atoms with E-state index in [2.05, 4.69) is 5.10 Å². The first-order valence-corrected chi connectivity index (χ1v) is 8.99. The largest absolute Gasteiger partial charge is 0.416 e. The molecule has 1 saturated carbocycles. The molecule has 2 aromatic carbocycles. The van der Waals surface area contributed by atoms with Crippen molar-refractivity contribution in [1.29, 1.82) is 0 Å². The highest BCUT2D eigenvalue weighted by atomic mass is 19.4. The second-order valence-corrected chi connectivity index (χ2v) is 6.83. The van der Waals surface area contributed by atoms with E-state index in [1.807, 2.05) is 30.3 Å². The minimum absolute atomic E-state index is 0.0335. The maximum atomic E-state index is 13.3. The fraction of sp³-hybridized carbons (Fsp3) is 0.238. The lowest BCUT2D eigenvalue weighted by molar-refractivity contribution is -0.138. The van der Waals surface area contributed by atoms with Crippen LogP contribution in [0.5, 0.6) is 0 Å². The smallest absolute Gasteiger partial charge is 0.331 e. The molecule has 4 rings (SSSR count). The number of hydrogen-bond acceptors (Lipinski definition) is 2. The highest BCUT2D eigenvalue weighted by molar-refractivity contribution is 5.94.